The van der Waals surface area contributed by atoms with Crippen molar-refractivity contribution in [3.05, 3.63) is 229 Å². The SMILES string of the molecule is c1ccc(-c2nc(-c3ccc4c5c(cccc35)C3(c5ccccc5-c5ccccc53)c3cc5c(cc3-4)sc3ccccc35)n(-c3ccccc3)c2-c2ccccc2)cc1. The third-order valence-corrected chi connectivity index (χ3v) is 14.0. The average Bonchev–Trinajstić information content (AvgIpc) is 3.97. The van der Waals surface area contributed by atoms with Crippen molar-refractivity contribution >= 4 is 42.3 Å². The van der Waals surface area contributed by atoms with Crippen LogP contribution in [-0.4, -0.2) is 9.55 Å². The molecular formula is C56H34N2S. The van der Waals surface area contributed by atoms with E-state index in [9.17, 15) is 0 Å². The van der Waals surface area contributed by atoms with Gasteiger partial charge >= 0.3 is 0 Å². The highest BCUT2D eigenvalue weighted by atomic mass is 32.1. The first-order valence-corrected chi connectivity index (χ1v) is 21.1. The molecular weight excluding hydrogens is 733 g/mol. The van der Waals surface area contributed by atoms with Crippen LogP contribution in [0.25, 0.3) is 92.8 Å². The Hall–Kier alpha value is -7.33. The van der Waals surface area contributed by atoms with E-state index >= 15 is 0 Å². The highest BCUT2D eigenvalue weighted by molar-refractivity contribution is 7.25. The molecule has 0 saturated carbocycles. The van der Waals surface area contributed by atoms with E-state index in [0.717, 1.165) is 39.6 Å². The summed E-state index contributed by atoms with van der Waals surface area (Å²) >= 11 is 1.89. The van der Waals surface area contributed by atoms with Gasteiger partial charge in [-0.05, 0) is 91.7 Å². The minimum absolute atomic E-state index is 0.524. The molecule has 0 saturated heterocycles. The molecule has 0 bridgehead atoms. The summed E-state index contributed by atoms with van der Waals surface area (Å²) in [5.41, 5.74) is 16.4. The van der Waals surface area contributed by atoms with Crippen molar-refractivity contribution in [2.75, 3.05) is 0 Å². The third kappa shape index (κ3) is 4.43. The van der Waals surface area contributed by atoms with Gasteiger partial charge in [0.25, 0.3) is 0 Å². The van der Waals surface area contributed by atoms with Crippen molar-refractivity contribution in [3.63, 3.8) is 0 Å². The Balaban J connectivity index is 1.19. The molecule has 2 aromatic heterocycles. The molecule has 11 aromatic rings. The topological polar surface area (TPSA) is 17.8 Å². The Labute approximate surface area is 346 Å². The van der Waals surface area contributed by atoms with Crippen molar-refractivity contribution in [3.8, 4) is 61.8 Å². The number of imidazole rings is 1. The molecule has 59 heavy (non-hydrogen) atoms. The van der Waals surface area contributed by atoms with Crippen LogP contribution < -0.4 is 0 Å². The molecule has 2 heterocycles. The van der Waals surface area contributed by atoms with Crippen LogP contribution in [0, 0.1) is 0 Å². The predicted octanol–water partition coefficient (Wildman–Crippen LogP) is 14.7. The Kier molecular flexibility index (Phi) is 6.84. The summed E-state index contributed by atoms with van der Waals surface area (Å²) in [6.07, 6.45) is 0. The summed E-state index contributed by atoms with van der Waals surface area (Å²) in [5.74, 6) is 0.921. The molecule has 0 N–H and O–H groups in total. The van der Waals surface area contributed by atoms with Gasteiger partial charge in [0.1, 0.15) is 5.82 Å². The molecule has 2 nitrogen and oxygen atoms in total. The molecule has 3 heteroatoms. The first kappa shape index (κ1) is 32.7. The van der Waals surface area contributed by atoms with Crippen LogP contribution in [0.3, 0.4) is 0 Å². The third-order valence-electron chi connectivity index (χ3n) is 12.8. The number of rotatable bonds is 4. The van der Waals surface area contributed by atoms with Gasteiger partial charge in [-0.15, -0.1) is 11.3 Å². The summed E-state index contributed by atoms with van der Waals surface area (Å²) in [6, 6.07) is 76.0. The van der Waals surface area contributed by atoms with E-state index in [2.05, 4.69) is 211 Å². The van der Waals surface area contributed by atoms with Crippen LogP contribution in [0.2, 0.25) is 0 Å². The van der Waals surface area contributed by atoms with Crippen molar-refractivity contribution in [1.29, 1.82) is 0 Å². The van der Waals surface area contributed by atoms with Crippen molar-refractivity contribution in [1.82, 2.24) is 9.55 Å². The summed E-state index contributed by atoms with van der Waals surface area (Å²) in [7, 11) is 0. The second-order valence-electron chi connectivity index (χ2n) is 15.8. The van der Waals surface area contributed by atoms with E-state index in [-0.39, 0.29) is 0 Å². The molecule has 0 aliphatic heterocycles. The lowest BCUT2D eigenvalue weighted by Gasteiger charge is -2.40. The second-order valence-corrected chi connectivity index (χ2v) is 16.8. The van der Waals surface area contributed by atoms with Crippen LogP contribution in [0.5, 0.6) is 0 Å². The quantitative estimate of drug-likeness (QED) is 0.174. The number of hydrogen-bond donors (Lipinski definition) is 0. The molecule has 1 spiro atoms. The van der Waals surface area contributed by atoms with Crippen molar-refractivity contribution < 1.29 is 0 Å². The second kappa shape index (κ2) is 12.3. The Morgan fingerprint density at radius 1 is 0.390 bits per heavy atom. The maximum atomic E-state index is 5.69. The first-order valence-electron chi connectivity index (χ1n) is 20.3. The van der Waals surface area contributed by atoms with E-state index in [1.54, 1.807) is 0 Å². The van der Waals surface area contributed by atoms with Crippen LogP contribution in [-0.2, 0) is 5.41 Å². The number of benzene rings is 9. The number of hydrogen-bond acceptors (Lipinski definition) is 2. The normalized spacial score (nSPS) is 13.2. The standard InChI is InChI=1S/C56H34N2S/c1-4-17-35(18-5-1)53-54(36-19-6-2-7-20-36)58(37-21-8-3-9-22-37)55(57-53)43-32-31-42-44-34-51-45(40-25-12-15-30-50(40)59-51)33-49(44)56(48-29-16-26-41(43)52(42)48)46-27-13-10-23-38(46)39-24-11-14-28-47(39)56/h1-34H. The minimum Gasteiger partial charge on any atom is -0.292 e. The molecule has 2 aliphatic rings. The molecule has 13 rings (SSSR count). The Morgan fingerprint density at radius 2 is 0.983 bits per heavy atom. The Bertz CT molecular complexity index is 3440. The number of nitrogens with zero attached hydrogens (tertiary/aromatic N) is 2. The fourth-order valence-corrected chi connectivity index (χ4v) is 11.6. The first-order chi connectivity index (χ1) is 29.3. The van der Waals surface area contributed by atoms with Gasteiger partial charge in [0, 0.05) is 42.6 Å². The summed E-state index contributed by atoms with van der Waals surface area (Å²) in [4.78, 5) is 5.69. The minimum atomic E-state index is -0.524. The zero-order valence-electron chi connectivity index (χ0n) is 31.9. The number of aromatic nitrogens is 2. The van der Waals surface area contributed by atoms with Gasteiger partial charge in [0.15, 0.2) is 0 Å². The van der Waals surface area contributed by atoms with Gasteiger partial charge in [-0.3, -0.25) is 4.57 Å². The summed E-state index contributed by atoms with van der Waals surface area (Å²) in [5, 5.41) is 5.13. The maximum Gasteiger partial charge on any atom is 0.146 e. The number of thiophene rings is 1. The maximum absolute atomic E-state index is 5.69. The van der Waals surface area contributed by atoms with Gasteiger partial charge in [0.05, 0.1) is 16.8 Å². The molecule has 0 atom stereocenters. The monoisotopic (exact) mass is 766 g/mol. The Morgan fingerprint density at radius 3 is 1.73 bits per heavy atom. The summed E-state index contributed by atoms with van der Waals surface area (Å²) in [6.45, 7) is 0. The van der Waals surface area contributed by atoms with Crippen molar-refractivity contribution in [2.24, 2.45) is 0 Å². The largest absolute Gasteiger partial charge is 0.292 e. The van der Waals surface area contributed by atoms with Crippen LogP contribution in [0.15, 0.2) is 206 Å². The van der Waals surface area contributed by atoms with E-state index in [1.807, 2.05) is 11.3 Å². The molecule has 0 amide bonds. The lowest BCUT2D eigenvalue weighted by Crippen LogP contribution is -2.31. The average molecular weight is 767 g/mol. The van der Waals surface area contributed by atoms with Gasteiger partial charge in [-0.25, -0.2) is 4.98 Å². The van der Waals surface area contributed by atoms with E-state index in [4.69, 9.17) is 4.98 Å². The molecule has 274 valence electrons. The fraction of sp³-hybridized carbons (Fsp3) is 0.0179. The summed E-state index contributed by atoms with van der Waals surface area (Å²) < 4.78 is 5.02. The molecule has 0 fully saturated rings. The van der Waals surface area contributed by atoms with Crippen LogP contribution in [0.4, 0.5) is 0 Å². The lowest BCUT2D eigenvalue weighted by atomic mass is 9.61. The fourth-order valence-electron chi connectivity index (χ4n) is 10.5. The van der Waals surface area contributed by atoms with Gasteiger partial charge < -0.3 is 0 Å². The molecule has 9 aromatic carbocycles. The highest BCUT2D eigenvalue weighted by Gasteiger charge is 2.50. The molecule has 0 radical (unpaired) electrons. The number of para-hydroxylation sites is 1. The van der Waals surface area contributed by atoms with Crippen molar-refractivity contribution in [2.45, 2.75) is 5.41 Å². The van der Waals surface area contributed by atoms with Crippen LogP contribution >= 0.6 is 11.3 Å². The predicted molar refractivity (Wildman–Crippen MR) is 247 cm³/mol. The van der Waals surface area contributed by atoms with E-state index in [1.165, 1.54) is 75.5 Å². The van der Waals surface area contributed by atoms with Gasteiger partial charge in [-0.1, -0.05) is 170 Å². The smallest absolute Gasteiger partial charge is 0.146 e. The highest BCUT2D eigenvalue weighted by Crippen LogP contribution is 2.63. The van der Waals surface area contributed by atoms with E-state index in [0.29, 0.717) is 0 Å². The lowest BCUT2D eigenvalue weighted by molar-refractivity contribution is 0.775. The van der Waals surface area contributed by atoms with Gasteiger partial charge in [0.2, 0.25) is 0 Å². The number of fused-ring (bicyclic) bond motifs is 12. The van der Waals surface area contributed by atoms with Gasteiger partial charge in [-0.2, -0.15) is 0 Å². The zero-order valence-corrected chi connectivity index (χ0v) is 32.7. The van der Waals surface area contributed by atoms with E-state index < -0.39 is 5.41 Å². The zero-order chi connectivity index (χ0) is 38.7. The molecule has 0 unspecified atom stereocenters. The van der Waals surface area contributed by atoms with Crippen LogP contribution in [0.1, 0.15) is 22.3 Å². The molecule has 2 aliphatic carbocycles.